The van der Waals surface area contributed by atoms with Gasteiger partial charge in [-0.3, -0.25) is 0 Å². The molecule has 2 nitrogen and oxygen atoms in total. The first-order chi connectivity index (χ1) is 9.38. The summed E-state index contributed by atoms with van der Waals surface area (Å²) in [6.45, 7) is 6.77. The van der Waals surface area contributed by atoms with E-state index in [9.17, 15) is 0 Å². The largest absolute Gasteiger partial charge is 0.371 e. The molecule has 1 heterocycles. The summed E-state index contributed by atoms with van der Waals surface area (Å²) in [5, 5.41) is 6.20. The predicted octanol–water partition coefficient (Wildman–Crippen LogP) is 3.28. The molecule has 2 aromatic rings. The normalized spacial score (nSPS) is 19.2. The molecule has 3 rings (SSSR count). The van der Waals surface area contributed by atoms with Gasteiger partial charge in [0.2, 0.25) is 0 Å². The lowest BCUT2D eigenvalue weighted by atomic mass is 10.1. The van der Waals surface area contributed by atoms with E-state index < -0.39 is 0 Å². The topological polar surface area (TPSA) is 15.3 Å². The molecule has 1 fully saturated rings. The molecular weight excluding hydrogens is 232 g/mol. The molecule has 1 aliphatic rings. The molecule has 0 aromatic heterocycles. The van der Waals surface area contributed by atoms with Gasteiger partial charge in [0.05, 0.1) is 0 Å². The highest BCUT2D eigenvalue weighted by atomic mass is 15.2. The fourth-order valence-electron chi connectivity index (χ4n) is 3.05. The Kier molecular flexibility index (Phi) is 3.69. The van der Waals surface area contributed by atoms with Gasteiger partial charge in [-0.05, 0) is 36.9 Å². The summed E-state index contributed by atoms with van der Waals surface area (Å²) in [6, 6.07) is 15.3. The second kappa shape index (κ2) is 5.62. The summed E-state index contributed by atoms with van der Waals surface area (Å²) in [7, 11) is 0. The smallest absolute Gasteiger partial charge is 0.0445 e. The fraction of sp³-hybridized carbons (Fsp3) is 0.412. The van der Waals surface area contributed by atoms with Crippen molar-refractivity contribution < 1.29 is 0 Å². The fourth-order valence-corrected chi connectivity index (χ4v) is 3.05. The van der Waals surface area contributed by atoms with Gasteiger partial charge in [0.1, 0.15) is 0 Å². The van der Waals surface area contributed by atoms with Gasteiger partial charge in [0, 0.05) is 24.2 Å². The predicted molar refractivity (Wildman–Crippen MR) is 82.8 cm³/mol. The van der Waals surface area contributed by atoms with Crippen molar-refractivity contribution in [3.05, 3.63) is 42.5 Å². The minimum absolute atomic E-state index is 0.791. The number of nitrogens with zero attached hydrogens (tertiary/aromatic N) is 1. The van der Waals surface area contributed by atoms with Gasteiger partial charge in [-0.1, -0.05) is 43.3 Å². The second-order valence-electron chi connectivity index (χ2n) is 5.41. The van der Waals surface area contributed by atoms with E-state index in [1.165, 1.54) is 36.0 Å². The number of anilines is 1. The first kappa shape index (κ1) is 12.5. The summed E-state index contributed by atoms with van der Waals surface area (Å²) >= 11 is 0. The van der Waals surface area contributed by atoms with Gasteiger partial charge in [0.25, 0.3) is 0 Å². The maximum atomic E-state index is 3.47. The maximum absolute atomic E-state index is 3.47. The molecule has 0 amide bonds. The third-order valence-electron chi connectivity index (χ3n) is 4.08. The summed E-state index contributed by atoms with van der Waals surface area (Å²) in [4.78, 5) is 2.55. The lowest BCUT2D eigenvalue weighted by Gasteiger charge is -2.21. The van der Waals surface area contributed by atoms with Crippen LogP contribution in [0.2, 0.25) is 0 Å². The number of benzene rings is 2. The van der Waals surface area contributed by atoms with Crippen LogP contribution in [0.5, 0.6) is 0 Å². The Bertz CT molecular complexity index is 544. The quantitative estimate of drug-likeness (QED) is 0.901. The number of hydrogen-bond acceptors (Lipinski definition) is 2. The van der Waals surface area contributed by atoms with Crippen molar-refractivity contribution in [2.45, 2.75) is 13.3 Å². The van der Waals surface area contributed by atoms with Crippen molar-refractivity contribution in [1.29, 1.82) is 0 Å². The standard InChI is InChI=1S/C17H22N2/c1-2-18-12-14-10-11-19(13-14)17-9-5-7-15-6-3-4-8-16(15)17/h3-9,14,18H,2,10-13H2,1H3. The minimum atomic E-state index is 0.791. The Morgan fingerprint density at radius 1 is 1.16 bits per heavy atom. The lowest BCUT2D eigenvalue weighted by molar-refractivity contribution is 0.528. The zero-order valence-corrected chi connectivity index (χ0v) is 11.6. The van der Waals surface area contributed by atoms with Gasteiger partial charge >= 0.3 is 0 Å². The number of fused-ring (bicyclic) bond motifs is 1. The Hall–Kier alpha value is -1.54. The van der Waals surface area contributed by atoms with E-state index in [1.807, 2.05) is 0 Å². The molecule has 100 valence electrons. The van der Waals surface area contributed by atoms with Crippen LogP contribution in [0.25, 0.3) is 10.8 Å². The van der Waals surface area contributed by atoms with Crippen LogP contribution in [-0.2, 0) is 0 Å². The summed E-state index contributed by atoms with van der Waals surface area (Å²) < 4.78 is 0. The summed E-state index contributed by atoms with van der Waals surface area (Å²) in [5.74, 6) is 0.791. The third kappa shape index (κ3) is 2.59. The van der Waals surface area contributed by atoms with E-state index in [2.05, 4.69) is 59.6 Å². The van der Waals surface area contributed by atoms with Crippen LogP contribution in [0.1, 0.15) is 13.3 Å². The summed E-state index contributed by atoms with van der Waals surface area (Å²) in [5.41, 5.74) is 1.40. The Morgan fingerprint density at radius 3 is 2.89 bits per heavy atom. The molecule has 19 heavy (non-hydrogen) atoms. The van der Waals surface area contributed by atoms with Crippen molar-refractivity contribution in [3.8, 4) is 0 Å². The zero-order chi connectivity index (χ0) is 13.1. The highest BCUT2D eigenvalue weighted by Gasteiger charge is 2.23. The number of hydrogen-bond donors (Lipinski definition) is 1. The Balaban J connectivity index is 1.82. The number of rotatable bonds is 4. The number of nitrogens with one attached hydrogen (secondary N) is 1. The van der Waals surface area contributed by atoms with E-state index in [4.69, 9.17) is 0 Å². The molecule has 0 radical (unpaired) electrons. The molecule has 2 heteroatoms. The van der Waals surface area contributed by atoms with E-state index in [1.54, 1.807) is 0 Å². The van der Waals surface area contributed by atoms with Crippen molar-refractivity contribution >= 4 is 16.5 Å². The van der Waals surface area contributed by atoms with Crippen LogP contribution in [-0.4, -0.2) is 26.2 Å². The molecule has 1 aliphatic heterocycles. The molecule has 0 aliphatic carbocycles. The summed E-state index contributed by atoms with van der Waals surface area (Å²) in [6.07, 6.45) is 1.30. The minimum Gasteiger partial charge on any atom is -0.371 e. The van der Waals surface area contributed by atoms with Crippen LogP contribution >= 0.6 is 0 Å². The van der Waals surface area contributed by atoms with Crippen molar-refractivity contribution in [3.63, 3.8) is 0 Å². The van der Waals surface area contributed by atoms with E-state index in [-0.39, 0.29) is 0 Å². The SMILES string of the molecule is CCNCC1CCN(c2cccc3ccccc23)C1. The highest BCUT2D eigenvalue weighted by molar-refractivity contribution is 5.94. The van der Waals surface area contributed by atoms with E-state index in [0.717, 1.165) is 19.0 Å². The molecule has 0 saturated carbocycles. The van der Waals surface area contributed by atoms with Gasteiger partial charge in [-0.15, -0.1) is 0 Å². The molecule has 1 N–H and O–H groups in total. The molecule has 1 atom stereocenters. The second-order valence-corrected chi connectivity index (χ2v) is 5.41. The highest BCUT2D eigenvalue weighted by Crippen LogP contribution is 2.30. The average Bonchev–Trinajstić information content (AvgIpc) is 2.93. The van der Waals surface area contributed by atoms with Gasteiger partial charge in [0.15, 0.2) is 0 Å². The van der Waals surface area contributed by atoms with E-state index >= 15 is 0 Å². The van der Waals surface area contributed by atoms with Crippen LogP contribution in [0.15, 0.2) is 42.5 Å². The molecule has 1 unspecified atom stereocenters. The van der Waals surface area contributed by atoms with Crippen molar-refractivity contribution in [1.82, 2.24) is 5.32 Å². The van der Waals surface area contributed by atoms with E-state index in [0.29, 0.717) is 0 Å². The van der Waals surface area contributed by atoms with Crippen LogP contribution < -0.4 is 10.2 Å². The molecule has 0 spiro atoms. The van der Waals surface area contributed by atoms with Gasteiger partial charge < -0.3 is 10.2 Å². The lowest BCUT2D eigenvalue weighted by Crippen LogP contribution is -2.26. The maximum Gasteiger partial charge on any atom is 0.0445 e. The first-order valence-electron chi connectivity index (χ1n) is 7.32. The molecular formula is C17H22N2. The average molecular weight is 254 g/mol. The molecule has 0 bridgehead atoms. The van der Waals surface area contributed by atoms with Crippen LogP contribution in [0.3, 0.4) is 0 Å². The van der Waals surface area contributed by atoms with Gasteiger partial charge in [-0.25, -0.2) is 0 Å². The van der Waals surface area contributed by atoms with Crippen molar-refractivity contribution in [2.24, 2.45) is 5.92 Å². The van der Waals surface area contributed by atoms with Crippen molar-refractivity contribution in [2.75, 3.05) is 31.1 Å². The molecule has 2 aromatic carbocycles. The molecule has 1 saturated heterocycles. The Labute approximate surface area is 115 Å². The first-order valence-corrected chi connectivity index (χ1v) is 7.32. The van der Waals surface area contributed by atoms with Gasteiger partial charge in [-0.2, -0.15) is 0 Å². The monoisotopic (exact) mass is 254 g/mol. The third-order valence-corrected chi connectivity index (χ3v) is 4.08. The zero-order valence-electron chi connectivity index (χ0n) is 11.6. The van der Waals surface area contributed by atoms with Crippen LogP contribution in [0.4, 0.5) is 5.69 Å². The van der Waals surface area contributed by atoms with Crippen LogP contribution in [0, 0.1) is 5.92 Å². The Morgan fingerprint density at radius 2 is 2.00 bits per heavy atom.